The van der Waals surface area contributed by atoms with Gasteiger partial charge in [0, 0.05) is 24.4 Å². The van der Waals surface area contributed by atoms with E-state index in [1.807, 2.05) is 41.4 Å². The first kappa shape index (κ1) is 22.0. The average Bonchev–Trinajstić information content (AvgIpc) is 3.56. The maximum atomic E-state index is 15.1. The average molecular weight is 464 g/mol. The number of amides is 1. The number of aromatic nitrogens is 1. The molecule has 6 rings (SSSR count). The number of halogens is 1. The van der Waals surface area contributed by atoms with Gasteiger partial charge in [0.25, 0.3) is 5.91 Å². The first-order valence-corrected chi connectivity index (χ1v) is 11.0. The van der Waals surface area contributed by atoms with Gasteiger partial charge < -0.3 is 14.7 Å². The molecular formula is C26H26FN3O4. The third kappa shape index (κ3) is 3.41. The predicted octanol–water partition coefficient (Wildman–Crippen LogP) is 3.50. The van der Waals surface area contributed by atoms with Crippen molar-refractivity contribution in [3.8, 4) is 11.5 Å². The fraction of sp³-hybridized carbons (Fsp3) is 0.308. The molecule has 3 aromatic rings. The molecule has 7 nitrogen and oxygen atoms in total. The SMILES string of the molecule is C.O=C1c2c(O)c(=O)ccn2N2CN1C[C@@H]1C[C@H]1COc1c(F)cccc1[C@H]2c1ccccc1. The summed E-state index contributed by atoms with van der Waals surface area (Å²) in [5.41, 5.74) is 0.774. The Morgan fingerprint density at radius 2 is 1.79 bits per heavy atom. The minimum atomic E-state index is -0.615. The number of hydrogen-bond donors (Lipinski definition) is 1. The molecule has 0 unspecified atom stereocenters. The van der Waals surface area contributed by atoms with Crippen molar-refractivity contribution in [1.29, 1.82) is 0 Å². The van der Waals surface area contributed by atoms with Crippen molar-refractivity contribution >= 4 is 5.91 Å². The molecule has 0 saturated heterocycles. The van der Waals surface area contributed by atoms with Gasteiger partial charge in [0.05, 0.1) is 6.61 Å². The van der Waals surface area contributed by atoms with E-state index in [9.17, 15) is 14.7 Å². The van der Waals surface area contributed by atoms with Crippen LogP contribution in [0, 0.1) is 17.7 Å². The van der Waals surface area contributed by atoms with Crippen LogP contribution in [-0.4, -0.2) is 40.4 Å². The Bertz CT molecular complexity index is 1310. The van der Waals surface area contributed by atoms with Crippen molar-refractivity contribution < 1.29 is 19.0 Å². The van der Waals surface area contributed by atoms with Gasteiger partial charge in [-0.05, 0) is 29.9 Å². The van der Waals surface area contributed by atoms with Crippen molar-refractivity contribution in [3.05, 3.63) is 93.7 Å². The van der Waals surface area contributed by atoms with Crippen LogP contribution in [-0.2, 0) is 0 Å². The second-order valence-electron chi connectivity index (χ2n) is 8.87. The van der Waals surface area contributed by atoms with E-state index in [-0.39, 0.29) is 37.4 Å². The Labute approximate surface area is 196 Å². The number of pyridine rings is 1. The van der Waals surface area contributed by atoms with E-state index >= 15 is 4.39 Å². The summed E-state index contributed by atoms with van der Waals surface area (Å²) >= 11 is 0. The fourth-order valence-electron chi connectivity index (χ4n) is 4.99. The topological polar surface area (TPSA) is 75.0 Å². The Hall–Kier alpha value is -3.81. The van der Waals surface area contributed by atoms with Gasteiger partial charge in [0.15, 0.2) is 23.0 Å². The second-order valence-corrected chi connectivity index (χ2v) is 8.87. The molecule has 2 aromatic carbocycles. The van der Waals surface area contributed by atoms with Crippen molar-refractivity contribution in [1.82, 2.24) is 9.58 Å². The van der Waals surface area contributed by atoms with E-state index in [1.165, 1.54) is 23.0 Å². The highest BCUT2D eigenvalue weighted by Gasteiger charge is 2.44. The van der Waals surface area contributed by atoms with Crippen molar-refractivity contribution in [2.45, 2.75) is 19.9 Å². The molecule has 2 bridgehead atoms. The number of nitrogens with zero attached hydrogens (tertiary/aromatic N) is 3. The number of hydrogen-bond acceptors (Lipinski definition) is 5. The van der Waals surface area contributed by atoms with Crippen molar-refractivity contribution in [2.75, 3.05) is 24.8 Å². The van der Waals surface area contributed by atoms with Crippen LogP contribution in [0.4, 0.5) is 4.39 Å². The van der Waals surface area contributed by atoms with E-state index < -0.39 is 28.9 Å². The van der Waals surface area contributed by atoms with E-state index in [0.29, 0.717) is 18.7 Å². The highest BCUT2D eigenvalue weighted by atomic mass is 19.1. The van der Waals surface area contributed by atoms with E-state index in [4.69, 9.17) is 4.74 Å². The molecule has 1 N–H and O–H groups in total. The lowest BCUT2D eigenvalue weighted by Crippen LogP contribution is -2.55. The zero-order chi connectivity index (χ0) is 22.7. The lowest BCUT2D eigenvalue weighted by molar-refractivity contribution is 0.0667. The fourth-order valence-corrected chi connectivity index (χ4v) is 4.99. The molecule has 1 aromatic heterocycles. The molecule has 3 atom stereocenters. The van der Waals surface area contributed by atoms with Crippen molar-refractivity contribution in [2.24, 2.45) is 11.8 Å². The normalized spacial score (nSPS) is 22.9. The molecule has 0 radical (unpaired) electrons. The van der Waals surface area contributed by atoms with Crippen LogP contribution in [0.15, 0.2) is 65.6 Å². The first-order chi connectivity index (χ1) is 16.0. The summed E-state index contributed by atoms with van der Waals surface area (Å²) in [7, 11) is 0. The third-order valence-electron chi connectivity index (χ3n) is 6.81. The van der Waals surface area contributed by atoms with E-state index in [1.54, 1.807) is 11.0 Å². The van der Waals surface area contributed by atoms with Crippen LogP contribution in [0.3, 0.4) is 0 Å². The lowest BCUT2D eigenvalue weighted by atomic mass is 9.96. The quantitative estimate of drug-likeness (QED) is 0.598. The smallest absolute Gasteiger partial charge is 0.277 e. The Balaban J connectivity index is 0.00000241. The van der Waals surface area contributed by atoms with Gasteiger partial charge in [0.1, 0.15) is 12.7 Å². The summed E-state index contributed by atoms with van der Waals surface area (Å²) in [4.78, 5) is 27.2. The van der Waals surface area contributed by atoms with E-state index in [0.717, 1.165) is 12.0 Å². The minimum absolute atomic E-state index is 0. The Morgan fingerprint density at radius 3 is 2.59 bits per heavy atom. The predicted molar refractivity (Wildman–Crippen MR) is 125 cm³/mol. The third-order valence-corrected chi connectivity index (χ3v) is 6.81. The number of para-hydroxylation sites is 1. The summed E-state index contributed by atoms with van der Waals surface area (Å²) in [5, 5.41) is 12.5. The number of aromatic hydroxyl groups is 1. The molecule has 3 heterocycles. The molecule has 176 valence electrons. The van der Waals surface area contributed by atoms with Gasteiger partial charge in [0.2, 0.25) is 5.43 Å². The van der Waals surface area contributed by atoms with Gasteiger partial charge in [-0.25, -0.2) is 4.39 Å². The van der Waals surface area contributed by atoms with Gasteiger partial charge in [-0.1, -0.05) is 49.9 Å². The van der Waals surface area contributed by atoms with Crippen LogP contribution in [0.1, 0.15) is 41.5 Å². The van der Waals surface area contributed by atoms with Gasteiger partial charge in [-0.3, -0.25) is 19.3 Å². The summed E-state index contributed by atoms with van der Waals surface area (Å²) in [6.45, 7) is 1.07. The number of carbonyl (C=O) groups excluding carboxylic acids is 1. The lowest BCUT2D eigenvalue weighted by Gasteiger charge is -2.44. The monoisotopic (exact) mass is 463 g/mol. The molecular weight excluding hydrogens is 437 g/mol. The Kier molecular flexibility index (Phi) is 5.31. The molecule has 1 aliphatic carbocycles. The number of rotatable bonds is 1. The highest BCUT2D eigenvalue weighted by Crippen LogP contribution is 2.44. The van der Waals surface area contributed by atoms with Gasteiger partial charge in [-0.2, -0.15) is 0 Å². The van der Waals surface area contributed by atoms with Crippen molar-refractivity contribution in [3.63, 3.8) is 0 Å². The molecule has 2 aliphatic heterocycles. The number of carbonyl (C=O) groups is 1. The summed E-state index contributed by atoms with van der Waals surface area (Å²) < 4.78 is 22.6. The molecule has 1 fully saturated rings. The molecule has 34 heavy (non-hydrogen) atoms. The molecule has 3 aliphatic rings. The largest absolute Gasteiger partial charge is 0.502 e. The summed E-state index contributed by atoms with van der Waals surface area (Å²) in [6, 6.07) is 15.1. The van der Waals surface area contributed by atoms with Gasteiger partial charge in [-0.15, -0.1) is 0 Å². The highest BCUT2D eigenvalue weighted by molar-refractivity contribution is 5.96. The summed E-state index contributed by atoms with van der Waals surface area (Å²) in [6.07, 6.45) is 2.37. The second kappa shape index (κ2) is 8.20. The standard InChI is InChI=1S/C25H22FN3O4.CH4/c26-19-8-4-7-18-21(15-5-2-1-3-6-15)29-14-27(12-16-11-17(16)13-33-24(18)19)25(32)22-23(31)20(30)9-10-28(22)29;/h1-10,16-17,21,31H,11-14H2;1H4/t16-,17-,21+;/m0./s1. The van der Waals surface area contributed by atoms with Crippen LogP contribution in [0.5, 0.6) is 11.5 Å². The first-order valence-electron chi connectivity index (χ1n) is 11.0. The molecule has 8 heteroatoms. The maximum absolute atomic E-state index is 15.1. The van der Waals surface area contributed by atoms with E-state index in [2.05, 4.69) is 0 Å². The van der Waals surface area contributed by atoms with Crippen LogP contribution < -0.4 is 15.2 Å². The Morgan fingerprint density at radius 1 is 1.00 bits per heavy atom. The maximum Gasteiger partial charge on any atom is 0.277 e. The summed E-state index contributed by atoms with van der Waals surface area (Å²) in [5.74, 6) is -0.781. The van der Waals surface area contributed by atoms with Crippen LogP contribution in [0.2, 0.25) is 0 Å². The number of fused-ring (bicyclic) bond motifs is 6. The number of benzene rings is 2. The van der Waals surface area contributed by atoms with Gasteiger partial charge >= 0.3 is 0 Å². The molecule has 0 spiro atoms. The minimum Gasteiger partial charge on any atom is -0.502 e. The number of ether oxygens (including phenoxy) is 1. The zero-order valence-electron chi connectivity index (χ0n) is 17.7. The van der Waals surface area contributed by atoms with Crippen LogP contribution in [0.25, 0.3) is 0 Å². The zero-order valence-corrected chi connectivity index (χ0v) is 17.7. The molecule has 1 amide bonds. The van der Waals surface area contributed by atoms with Crippen LogP contribution >= 0.6 is 0 Å². The molecule has 1 saturated carbocycles.